The number of carbonyl (C=O) groups excluding carboxylic acids is 1. The maximum atomic E-state index is 12.7. The largest absolute Gasteiger partial charge is 0.443 e. The smallest absolute Gasteiger partial charge is 0.408 e. The summed E-state index contributed by atoms with van der Waals surface area (Å²) in [5.41, 5.74) is 3.51. The van der Waals surface area contributed by atoms with Gasteiger partial charge in [-0.1, -0.05) is 0 Å². The van der Waals surface area contributed by atoms with Gasteiger partial charge in [0, 0.05) is 5.56 Å². The predicted octanol–water partition coefficient (Wildman–Crippen LogP) is 3.53. The number of nitrogens with zero attached hydrogens (tertiary/aromatic N) is 4. The van der Waals surface area contributed by atoms with E-state index >= 15 is 0 Å². The van der Waals surface area contributed by atoms with Crippen LogP contribution in [0, 0.1) is 6.92 Å². The second kappa shape index (κ2) is 6.32. The third-order valence-electron chi connectivity index (χ3n) is 4.35. The Hall–Kier alpha value is -3.43. The number of amides is 1. The summed E-state index contributed by atoms with van der Waals surface area (Å²) >= 11 is 0. The average molecular weight is 389 g/mol. The molecule has 3 heterocycles. The zero-order valence-corrected chi connectivity index (χ0v) is 14.8. The Morgan fingerprint density at radius 3 is 2.79 bits per heavy atom. The first-order valence-corrected chi connectivity index (χ1v) is 8.30. The highest BCUT2D eigenvalue weighted by Crippen LogP contribution is 2.25. The number of alkyl halides is 3. The molecule has 4 rings (SSSR count). The monoisotopic (exact) mass is 389 g/mol. The molecule has 4 aromatic rings. The summed E-state index contributed by atoms with van der Waals surface area (Å²) in [4.78, 5) is 20.6. The summed E-state index contributed by atoms with van der Waals surface area (Å²) in [6, 6.07) is 5.08. The molecule has 1 amide bonds. The van der Waals surface area contributed by atoms with Gasteiger partial charge in [-0.25, -0.2) is 14.5 Å². The molecule has 0 spiro atoms. The number of rotatable bonds is 3. The standard InChI is InChI=1S/C18H14F3N5O2/c1-9-5-12(11-3-4-15-13(6-11)23-8-28-15)25-26-14(7-22-16(9)26)17(27)24-10(2)18(19,20)21/h3-8,10H,1-2H3,(H,24,27)/t10-/m0/s1. The molecule has 0 aliphatic carbocycles. The third kappa shape index (κ3) is 3.06. The number of halogens is 3. The number of benzene rings is 1. The number of imidazole rings is 1. The Kier molecular flexibility index (Phi) is 4.06. The van der Waals surface area contributed by atoms with Crippen LogP contribution in [-0.2, 0) is 0 Å². The molecule has 0 fully saturated rings. The summed E-state index contributed by atoms with van der Waals surface area (Å²) in [5, 5.41) is 6.33. The van der Waals surface area contributed by atoms with E-state index in [-0.39, 0.29) is 5.69 Å². The van der Waals surface area contributed by atoms with Crippen molar-refractivity contribution in [1.82, 2.24) is 24.9 Å². The molecule has 1 atom stereocenters. The van der Waals surface area contributed by atoms with Gasteiger partial charge in [0.05, 0.1) is 11.9 Å². The first-order valence-electron chi connectivity index (χ1n) is 8.30. The summed E-state index contributed by atoms with van der Waals surface area (Å²) < 4.78 is 44.7. The van der Waals surface area contributed by atoms with Crippen molar-refractivity contribution >= 4 is 22.7 Å². The molecule has 1 aromatic carbocycles. The average Bonchev–Trinajstić information content (AvgIpc) is 3.26. The van der Waals surface area contributed by atoms with Crippen LogP contribution in [0.3, 0.4) is 0 Å². The normalized spacial score (nSPS) is 13.2. The number of hydrogen-bond acceptors (Lipinski definition) is 5. The summed E-state index contributed by atoms with van der Waals surface area (Å²) in [6.07, 6.45) is -2.01. The van der Waals surface area contributed by atoms with Crippen molar-refractivity contribution < 1.29 is 22.4 Å². The van der Waals surface area contributed by atoms with E-state index in [2.05, 4.69) is 15.1 Å². The molecule has 0 unspecified atom stereocenters. The number of fused-ring (bicyclic) bond motifs is 2. The second-order valence-corrected chi connectivity index (χ2v) is 6.36. The molecule has 144 valence electrons. The lowest BCUT2D eigenvalue weighted by Gasteiger charge is -2.16. The Morgan fingerprint density at radius 1 is 1.25 bits per heavy atom. The van der Waals surface area contributed by atoms with E-state index in [1.165, 1.54) is 17.1 Å². The van der Waals surface area contributed by atoms with Crippen LogP contribution in [0.1, 0.15) is 23.0 Å². The fourth-order valence-electron chi connectivity index (χ4n) is 2.79. The fraction of sp³-hybridized carbons (Fsp3) is 0.222. The fourth-order valence-corrected chi connectivity index (χ4v) is 2.79. The lowest BCUT2D eigenvalue weighted by molar-refractivity contribution is -0.149. The highest BCUT2D eigenvalue weighted by atomic mass is 19.4. The van der Waals surface area contributed by atoms with E-state index in [0.29, 0.717) is 28.0 Å². The number of hydrogen-bond donors (Lipinski definition) is 1. The van der Waals surface area contributed by atoms with Gasteiger partial charge >= 0.3 is 6.18 Å². The van der Waals surface area contributed by atoms with Crippen LogP contribution in [-0.4, -0.2) is 37.7 Å². The number of carbonyl (C=O) groups is 1. The van der Waals surface area contributed by atoms with Crippen LogP contribution < -0.4 is 5.32 Å². The number of oxazole rings is 1. The minimum Gasteiger partial charge on any atom is -0.443 e. The van der Waals surface area contributed by atoms with Gasteiger partial charge < -0.3 is 9.73 Å². The molecule has 7 nitrogen and oxygen atoms in total. The van der Waals surface area contributed by atoms with Gasteiger partial charge in [-0.15, -0.1) is 0 Å². The van der Waals surface area contributed by atoms with Crippen molar-refractivity contribution in [1.29, 1.82) is 0 Å². The molecule has 0 bridgehead atoms. The van der Waals surface area contributed by atoms with Crippen molar-refractivity contribution in [3.8, 4) is 11.3 Å². The maximum Gasteiger partial charge on any atom is 0.408 e. The van der Waals surface area contributed by atoms with E-state index < -0.39 is 18.1 Å². The van der Waals surface area contributed by atoms with Gasteiger partial charge in [0.2, 0.25) is 0 Å². The van der Waals surface area contributed by atoms with Crippen LogP contribution in [0.5, 0.6) is 0 Å². The van der Waals surface area contributed by atoms with E-state index in [4.69, 9.17) is 4.42 Å². The van der Waals surface area contributed by atoms with Crippen LogP contribution in [0.2, 0.25) is 0 Å². The van der Waals surface area contributed by atoms with Gasteiger partial charge in [-0.3, -0.25) is 4.79 Å². The number of nitrogens with one attached hydrogen (secondary N) is 1. The van der Waals surface area contributed by atoms with Crippen LogP contribution >= 0.6 is 0 Å². The minimum atomic E-state index is -4.54. The van der Waals surface area contributed by atoms with Crippen LogP contribution in [0.4, 0.5) is 13.2 Å². The van der Waals surface area contributed by atoms with Crippen molar-refractivity contribution in [3.05, 3.63) is 48.1 Å². The van der Waals surface area contributed by atoms with Gasteiger partial charge in [0.1, 0.15) is 11.6 Å². The quantitative estimate of drug-likeness (QED) is 0.579. The lowest BCUT2D eigenvalue weighted by Crippen LogP contribution is -2.43. The molecule has 0 aliphatic rings. The molecule has 0 radical (unpaired) electrons. The Balaban J connectivity index is 1.77. The van der Waals surface area contributed by atoms with Crippen molar-refractivity contribution in [3.63, 3.8) is 0 Å². The SMILES string of the molecule is Cc1cc(-c2ccc3ocnc3c2)nn2c(C(=O)N[C@@H](C)C(F)(F)F)cnc12. The Labute approximate surface area is 156 Å². The second-order valence-electron chi connectivity index (χ2n) is 6.36. The molecule has 3 aromatic heterocycles. The topological polar surface area (TPSA) is 85.3 Å². The van der Waals surface area contributed by atoms with E-state index in [9.17, 15) is 18.0 Å². The van der Waals surface area contributed by atoms with Gasteiger partial charge in [0.15, 0.2) is 23.3 Å². The van der Waals surface area contributed by atoms with Gasteiger partial charge in [-0.05, 0) is 43.7 Å². The van der Waals surface area contributed by atoms with Crippen molar-refractivity contribution in [2.75, 3.05) is 0 Å². The third-order valence-corrected chi connectivity index (χ3v) is 4.35. The van der Waals surface area contributed by atoms with E-state index in [0.717, 1.165) is 12.5 Å². The van der Waals surface area contributed by atoms with Crippen LogP contribution in [0.25, 0.3) is 28.0 Å². The van der Waals surface area contributed by atoms with E-state index in [1.807, 2.05) is 5.32 Å². The van der Waals surface area contributed by atoms with Gasteiger partial charge in [0.25, 0.3) is 5.91 Å². The first-order chi connectivity index (χ1) is 13.2. The van der Waals surface area contributed by atoms with Crippen molar-refractivity contribution in [2.45, 2.75) is 26.1 Å². The highest BCUT2D eigenvalue weighted by molar-refractivity contribution is 5.93. The van der Waals surface area contributed by atoms with Crippen molar-refractivity contribution in [2.24, 2.45) is 0 Å². The van der Waals surface area contributed by atoms with Crippen LogP contribution in [0.15, 0.2) is 41.3 Å². The zero-order chi connectivity index (χ0) is 20.1. The first kappa shape index (κ1) is 18.0. The number of aryl methyl sites for hydroxylation is 1. The molecular formula is C18H14F3N5O2. The molecule has 0 saturated heterocycles. The Morgan fingerprint density at radius 2 is 2.04 bits per heavy atom. The molecule has 0 aliphatic heterocycles. The number of aromatic nitrogens is 4. The lowest BCUT2D eigenvalue weighted by atomic mass is 10.1. The van der Waals surface area contributed by atoms with E-state index in [1.54, 1.807) is 31.2 Å². The molecule has 10 heteroatoms. The predicted molar refractivity (Wildman–Crippen MR) is 93.7 cm³/mol. The minimum absolute atomic E-state index is 0.0847. The molecule has 0 saturated carbocycles. The zero-order valence-electron chi connectivity index (χ0n) is 14.8. The Bertz CT molecular complexity index is 1200. The van der Waals surface area contributed by atoms with Gasteiger partial charge in [-0.2, -0.15) is 18.3 Å². The summed E-state index contributed by atoms with van der Waals surface area (Å²) in [7, 11) is 0. The summed E-state index contributed by atoms with van der Waals surface area (Å²) in [6.45, 7) is 2.65. The molecule has 28 heavy (non-hydrogen) atoms. The maximum absolute atomic E-state index is 12.7. The summed E-state index contributed by atoms with van der Waals surface area (Å²) in [5.74, 6) is -0.909. The highest BCUT2D eigenvalue weighted by Gasteiger charge is 2.37. The molecular weight excluding hydrogens is 375 g/mol. The molecule has 1 N–H and O–H groups in total.